The average molecular weight is 355 g/mol. The third kappa shape index (κ3) is 2.87. The average Bonchev–Trinajstić information content (AvgIpc) is 3.10. The van der Waals surface area contributed by atoms with Gasteiger partial charge < -0.3 is 4.84 Å². The lowest BCUT2D eigenvalue weighted by Gasteiger charge is -2.11. The van der Waals surface area contributed by atoms with Crippen LogP contribution in [0.2, 0.25) is 0 Å². The Kier molecular flexibility index (Phi) is 4.13. The lowest BCUT2D eigenvalue weighted by atomic mass is 10.00. The number of nitrogens with zero attached hydrogens (tertiary/aromatic N) is 1. The summed E-state index contributed by atoms with van der Waals surface area (Å²) in [6, 6.07) is 8.32. The SMILES string of the molecule is O=C(ON1C(=O)c2ccccc2C1=O)c1cc2c(s1)CCCCCC2. The molecule has 0 atom stereocenters. The molecule has 128 valence electrons. The van der Waals surface area contributed by atoms with Crippen LogP contribution in [0.3, 0.4) is 0 Å². The number of carbonyl (C=O) groups is 3. The van der Waals surface area contributed by atoms with Crippen LogP contribution in [-0.4, -0.2) is 22.8 Å². The predicted molar refractivity (Wildman–Crippen MR) is 92.6 cm³/mol. The molecule has 0 radical (unpaired) electrons. The summed E-state index contributed by atoms with van der Waals surface area (Å²) in [6.07, 6.45) is 6.61. The Morgan fingerprint density at radius 3 is 2.28 bits per heavy atom. The quantitative estimate of drug-likeness (QED) is 0.769. The molecule has 0 saturated carbocycles. The number of hydrogen-bond acceptors (Lipinski definition) is 5. The standard InChI is InChI=1S/C19H17NO4S/c21-17-13-8-5-6-9-14(13)18(22)20(17)24-19(23)16-11-12-7-3-1-2-4-10-15(12)25-16/h5-6,8-9,11H,1-4,7,10H2. The van der Waals surface area contributed by atoms with Crippen molar-refractivity contribution in [2.45, 2.75) is 38.5 Å². The topological polar surface area (TPSA) is 63.7 Å². The molecule has 2 amide bonds. The van der Waals surface area contributed by atoms with Crippen molar-refractivity contribution in [1.29, 1.82) is 0 Å². The Balaban J connectivity index is 1.54. The van der Waals surface area contributed by atoms with Gasteiger partial charge in [-0.1, -0.05) is 30.0 Å². The summed E-state index contributed by atoms with van der Waals surface area (Å²) in [5.41, 5.74) is 1.72. The van der Waals surface area contributed by atoms with Crippen molar-refractivity contribution in [3.8, 4) is 0 Å². The van der Waals surface area contributed by atoms with E-state index in [1.807, 2.05) is 6.07 Å². The molecule has 1 aliphatic carbocycles. The Bertz CT molecular complexity index is 810. The van der Waals surface area contributed by atoms with Gasteiger partial charge in [-0.05, 0) is 49.4 Å². The zero-order valence-electron chi connectivity index (χ0n) is 13.6. The van der Waals surface area contributed by atoms with Gasteiger partial charge in [0.05, 0.1) is 11.1 Å². The number of benzene rings is 1. The maximum atomic E-state index is 12.5. The second-order valence-electron chi connectivity index (χ2n) is 6.30. The maximum Gasteiger partial charge on any atom is 0.373 e. The van der Waals surface area contributed by atoms with Gasteiger partial charge in [0.1, 0.15) is 4.88 Å². The normalized spacial score (nSPS) is 16.9. The van der Waals surface area contributed by atoms with Gasteiger partial charge in [-0.3, -0.25) is 9.59 Å². The minimum atomic E-state index is -0.647. The van der Waals surface area contributed by atoms with Gasteiger partial charge in [-0.15, -0.1) is 11.3 Å². The zero-order chi connectivity index (χ0) is 17.4. The van der Waals surface area contributed by atoms with Crippen LogP contribution >= 0.6 is 11.3 Å². The highest BCUT2D eigenvalue weighted by Gasteiger charge is 2.39. The molecule has 25 heavy (non-hydrogen) atoms. The first-order valence-electron chi connectivity index (χ1n) is 8.47. The number of fused-ring (bicyclic) bond motifs is 2. The van der Waals surface area contributed by atoms with Gasteiger partial charge in [-0.25, -0.2) is 4.79 Å². The van der Waals surface area contributed by atoms with Crippen molar-refractivity contribution >= 4 is 29.1 Å². The molecule has 6 heteroatoms. The van der Waals surface area contributed by atoms with Crippen molar-refractivity contribution < 1.29 is 19.2 Å². The van der Waals surface area contributed by atoms with Crippen molar-refractivity contribution in [1.82, 2.24) is 5.06 Å². The van der Waals surface area contributed by atoms with E-state index in [4.69, 9.17) is 4.84 Å². The van der Waals surface area contributed by atoms with E-state index in [1.54, 1.807) is 24.3 Å². The summed E-state index contributed by atoms with van der Waals surface area (Å²) in [7, 11) is 0. The van der Waals surface area contributed by atoms with E-state index in [0.29, 0.717) is 9.94 Å². The van der Waals surface area contributed by atoms with Gasteiger partial charge in [0, 0.05) is 4.88 Å². The van der Waals surface area contributed by atoms with Crippen LogP contribution < -0.4 is 0 Å². The Labute approximate surface area is 149 Å². The molecular weight excluding hydrogens is 338 g/mol. The van der Waals surface area contributed by atoms with Gasteiger partial charge in [0.2, 0.25) is 0 Å². The molecule has 0 bridgehead atoms. The van der Waals surface area contributed by atoms with Crippen LogP contribution in [0.5, 0.6) is 0 Å². The number of thiophene rings is 1. The Hall–Kier alpha value is -2.47. The van der Waals surface area contributed by atoms with Crippen LogP contribution in [0, 0.1) is 0 Å². The fraction of sp³-hybridized carbons (Fsp3) is 0.316. The Morgan fingerprint density at radius 2 is 1.60 bits per heavy atom. The van der Waals surface area contributed by atoms with E-state index in [1.165, 1.54) is 34.6 Å². The summed E-state index contributed by atoms with van der Waals surface area (Å²) >= 11 is 1.41. The first kappa shape index (κ1) is 16.0. The second-order valence-corrected chi connectivity index (χ2v) is 7.44. The molecule has 1 aromatic carbocycles. The molecule has 0 unspecified atom stereocenters. The van der Waals surface area contributed by atoms with E-state index in [-0.39, 0.29) is 11.1 Å². The van der Waals surface area contributed by atoms with Crippen molar-refractivity contribution in [2.24, 2.45) is 0 Å². The molecule has 2 aromatic rings. The highest BCUT2D eigenvalue weighted by molar-refractivity contribution is 7.14. The highest BCUT2D eigenvalue weighted by atomic mass is 32.1. The summed E-state index contributed by atoms with van der Waals surface area (Å²) in [6.45, 7) is 0. The maximum absolute atomic E-state index is 12.5. The lowest BCUT2D eigenvalue weighted by molar-refractivity contribution is -0.0581. The molecule has 0 fully saturated rings. The van der Waals surface area contributed by atoms with Crippen molar-refractivity contribution in [3.63, 3.8) is 0 Å². The number of hydroxylamine groups is 2. The van der Waals surface area contributed by atoms with Crippen LogP contribution in [0.4, 0.5) is 0 Å². The number of amides is 2. The van der Waals surface area contributed by atoms with Crippen LogP contribution in [0.1, 0.15) is 66.5 Å². The first-order chi connectivity index (χ1) is 12.1. The van der Waals surface area contributed by atoms with E-state index < -0.39 is 17.8 Å². The van der Waals surface area contributed by atoms with E-state index in [2.05, 4.69) is 0 Å². The monoisotopic (exact) mass is 355 g/mol. The summed E-state index contributed by atoms with van der Waals surface area (Å²) < 4.78 is 0. The second kappa shape index (κ2) is 6.44. The Morgan fingerprint density at radius 1 is 0.960 bits per heavy atom. The number of aryl methyl sites for hydroxylation is 2. The first-order valence-corrected chi connectivity index (χ1v) is 9.28. The summed E-state index contributed by atoms with van der Waals surface area (Å²) in [5, 5.41) is 0.574. The molecule has 4 rings (SSSR count). The predicted octanol–water partition coefficient (Wildman–Crippen LogP) is 3.78. The minimum Gasteiger partial charge on any atom is -0.323 e. The molecule has 5 nitrogen and oxygen atoms in total. The summed E-state index contributed by atoms with van der Waals surface area (Å²) in [4.78, 5) is 43.9. The van der Waals surface area contributed by atoms with Crippen LogP contribution in [0.15, 0.2) is 30.3 Å². The number of imide groups is 1. The van der Waals surface area contributed by atoms with Crippen LogP contribution in [0.25, 0.3) is 0 Å². The molecule has 0 saturated heterocycles. The van der Waals surface area contributed by atoms with E-state index in [9.17, 15) is 14.4 Å². The third-order valence-electron chi connectivity index (χ3n) is 4.63. The number of hydrogen-bond donors (Lipinski definition) is 0. The van der Waals surface area contributed by atoms with Gasteiger partial charge >= 0.3 is 5.97 Å². The molecule has 0 spiro atoms. The third-order valence-corrected chi connectivity index (χ3v) is 5.85. The molecule has 1 aromatic heterocycles. The number of carbonyl (C=O) groups excluding carboxylic acids is 3. The molecule has 2 heterocycles. The van der Waals surface area contributed by atoms with E-state index in [0.717, 1.165) is 25.7 Å². The van der Waals surface area contributed by atoms with Crippen molar-refractivity contribution in [3.05, 3.63) is 56.8 Å². The molecule has 1 aliphatic heterocycles. The molecular formula is C19H17NO4S. The zero-order valence-corrected chi connectivity index (χ0v) is 14.4. The fourth-order valence-electron chi connectivity index (χ4n) is 3.32. The summed E-state index contributed by atoms with van der Waals surface area (Å²) in [5.74, 6) is -1.83. The fourth-order valence-corrected chi connectivity index (χ4v) is 4.45. The van der Waals surface area contributed by atoms with Gasteiger partial charge in [-0.2, -0.15) is 0 Å². The molecule has 0 N–H and O–H groups in total. The highest BCUT2D eigenvalue weighted by Crippen LogP contribution is 2.30. The number of rotatable bonds is 2. The lowest BCUT2D eigenvalue weighted by Crippen LogP contribution is -2.32. The van der Waals surface area contributed by atoms with Crippen molar-refractivity contribution in [2.75, 3.05) is 0 Å². The smallest absolute Gasteiger partial charge is 0.323 e. The minimum absolute atomic E-state index is 0.263. The van der Waals surface area contributed by atoms with Gasteiger partial charge in [0.25, 0.3) is 11.8 Å². The molecule has 2 aliphatic rings. The van der Waals surface area contributed by atoms with E-state index >= 15 is 0 Å². The van der Waals surface area contributed by atoms with Gasteiger partial charge in [0.15, 0.2) is 0 Å². The van der Waals surface area contributed by atoms with Crippen LogP contribution in [-0.2, 0) is 17.7 Å². The largest absolute Gasteiger partial charge is 0.373 e.